The number of carbonyl (C=O) groups is 1. The van der Waals surface area contributed by atoms with Crippen molar-refractivity contribution < 1.29 is 18.7 Å². The number of aromatic nitrogens is 1. The van der Waals surface area contributed by atoms with Crippen LogP contribution in [0.1, 0.15) is 67.8 Å². The van der Waals surface area contributed by atoms with Gasteiger partial charge in [0.05, 0.1) is 5.39 Å². The van der Waals surface area contributed by atoms with Gasteiger partial charge in [-0.15, -0.1) is 0 Å². The number of hydrogen-bond acceptors (Lipinski definition) is 6. The minimum absolute atomic E-state index is 0.0324. The normalized spacial score (nSPS) is 22.9. The molecule has 7 rings (SSSR count). The summed E-state index contributed by atoms with van der Waals surface area (Å²) in [5.41, 5.74) is 3.63. The largest absolute Gasteiger partial charge is 0.487 e. The highest BCUT2D eigenvalue weighted by Gasteiger charge is 2.37. The lowest BCUT2D eigenvalue weighted by molar-refractivity contribution is -0.136. The summed E-state index contributed by atoms with van der Waals surface area (Å²) in [6.45, 7) is 5.83. The molecule has 5 heterocycles. The van der Waals surface area contributed by atoms with E-state index in [4.69, 9.17) is 13.9 Å². The fourth-order valence-corrected chi connectivity index (χ4v) is 7.16. The van der Waals surface area contributed by atoms with Crippen LogP contribution in [0, 0.1) is 5.92 Å². The smallest absolute Gasteiger partial charge is 0.339 e. The van der Waals surface area contributed by atoms with Crippen molar-refractivity contribution in [1.82, 2.24) is 9.47 Å². The van der Waals surface area contributed by atoms with Gasteiger partial charge < -0.3 is 23.4 Å². The van der Waals surface area contributed by atoms with E-state index in [-0.39, 0.29) is 41.1 Å². The number of hydrogen-bond donors (Lipinski definition) is 0. The Bertz CT molecular complexity index is 1620. The number of pyridine rings is 1. The molecule has 39 heavy (non-hydrogen) atoms. The van der Waals surface area contributed by atoms with E-state index in [0.29, 0.717) is 43.1 Å². The van der Waals surface area contributed by atoms with E-state index in [1.165, 1.54) is 0 Å². The van der Waals surface area contributed by atoms with Gasteiger partial charge in [0.1, 0.15) is 22.7 Å². The fourth-order valence-electron chi connectivity index (χ4n) is 7.16. The Morgan fingerprint density at radius 3 is 2.72 bits per heavy atom. The van der Waals surface area contributed by atoms with E-state index in [0.717, 1.165) is 66.3 Å². The molecule has 204 valence electrons. The van der Waals surface area contributed by atoms with Crippen molar-refractivity contribution in [2.45, 2.75) is 76.9 Å². The van der Waals surface area contributed by atoms with Crippen molar-refractivity contribution in [3.8, 4) is 11.5 Å². The molecule has 1 aliphatic carbocycles. The number of likely N-dealkylation sites (tertiary alicyclic amines) is 1. The van der Waals surface area contributed by atoms with Crippen LogP contribution < -0.4 is 20.7 Å². The van der Waals surface area contributed by atoms with Crippen LogP contribution in [0.5, 0.6) is 11.5 Å². The molecule has 1 amide bonds. The quantitative estimate of drug-likeness (QED) is 0.476. The van der Waals surface area contributed by atoms with Crippen LogP contribution in [-0.4, -0.2) is 40.7 Å². The average Bonchev–Trinajstić information content (AvgIpc) is 2.91. The molecule has 1 fully saturated rings. The minimum atomic E-state index is -0.341. The second-order valence-corrected chi connectivity index (χ2v) is 12.3. The number of aryl methyl sites for hydroxylation is 2. The predicted molar refractivity (Wildman–Crippen MR) is 146 cm³/mol. The number of nitrogens with zero attached hydrogens (tertiary/aromatic N) is 2. The number of benzene rings is 1. The maximum absolute atomic E-state index is 13.5. The molecular formula is C31H34N2O6. The van der Waals surface area contributed by atoms with Crippen LogP contribution in [-0.2, 0) is 30.6 Å². The molecule has 8 nitrogen and oxygen atoms in total. The van der Waals surface area contributed by atoms with Gasteiger partial charge >= 0.3 is 5.63 Å². The first-order chi connectivity index (χ1) is 18.8. The third-order valence-corrected chi connectivity index (χ3v) is 9.06. The highest BCUT2D eigenvalue weighted by atomic mass is 16.5. The van der Waals surface area contributed by atoms with Crippen LogP contribution in [0.2, 0.25) is 0 Å². The van der Waals surface area contributed by atoms with E-state index in [1.54, 1.807) is 6.07 Å². The molecule has 3 aliphatic heterocycles. The fraction of sp³-hybridized carbons (Fsp3) is 0.516. The highest BCUT2D eigenvalue weighted by Crippen LogP contribution is 2.44. The molecule has 1 saturated heterocycles. The van der Waals surface area contributed by atoms with Crippen LogP contribution in [0.3, 0.4) is 0 Å². The van der Waals surface area contributed by atoms with Gasteiger partial charge in [-0.1, -0.05) is 6.07 Å². The Morgan fingerprint density at radius 2 is 1.87 bits per heavy atom. The average molecular weight is 531 g/mol. The van der Waals surface area contributed by atoms with Gasteiger partial charge in [-0.2, -0.15) is 0 Å². The number of carbonyl (C=O) groups excluding carboxylic acids is 1. The minimum Gasteiger partial charge on any atom is -0.487 e. The van der Waals surface area contributed by atoms with Crippen molar-refractivity contribution in [3.63, 3.8) is 0 Å². The standard InChI is InChI=1S/C31H34N2O6/c1-31(2)11-10-22-24(39-31)13-25(28-20-6-3-4-7-21(20)30(36)38-29(22)28)37-17-27(35)32-14-18-12-19(16-32)23-8-5-9-26(34)33(23)15-18/h5,8-9,13,18-19H,3-4,6-7,10-12,14-17H2,1-2H3/t18-,19+/m0/s1. The molecular weight excluding hydrogens is 496 g/mol. The summed E-state index contributed by atoms with van der Waals surface area (Å²) >= 11 is 0. The zero-order valence-corrected chi connectivity index (χ0v) is 22.6. The molecule has 0 radical (unpaired) electrons. The molecule has 3 aromatic rings. The lowest BCUT2D eigenvalue weighted by Crippen LogP contribution is -2.50. The Balaban J connectivity index is 1.21. The molecule has 8 heteroatoms. The molecule has 2 aromatic heterocycles. The summed E-state index contributed by atoms with van der Waals surface area (Å²) in [7, 11) is 0. The number of amides is 1. The van der Waals surface area contributed by atoms with Gasteiger partial charge in [0.2, 0.25) is 0 Å². The Hall–Kier alpha value is -3.55. The van der Waals surface area contributed by atoms with Crippen LogP contribution in [0.15, 0.2) is 38.3 Å². The van der Waals surface area contributed by atoms with Gasteiger partial charge in [-0.3, -0.25) is 9.59 Å². The topological polar surface area (TPSA) is 91.0 Å². The maximum atomic E-state index is 13.5. The van der Waals surface area contributed by atoms with Crippen molar-refractivity contribution >= 4 is 16.9 Å². The van der Waals surface area contributed by atoms with Gasteiger partial charge in [-0.05, 0) is 76.3 Å². The molecule has 2 bridgehead atoms. The summed E-state index contributed by atoms with van der Waals surface area (Å²) in [6.07, 6.45) is 6.02. The molecule has 0 saturated carbocycles. The first-order valence-electron chi connectivity index (χ1n) is 14.2. The number of ether oxygens (including phenoxy) is 2. The van der Waals surface area contributed by atoms with Crippen molar-refractivity contribution in [2.75, 3.05) is 19.7 Å². The monoisotopic (exact) mass is 530 g/mol. The third kappa shape index (κ3) is 4.15. The Labute approximate surface area is 226 Å². The molecule has 0 spiro atoms. The van der Waals surface area contributed by atoms with Gasteiger partial charge in [-0.25, -0.2) is 4.79 Å². The number of rotatable bonds is 3. The number of piperidine rings is 1. The van der Waals surface area contributed by atoms with Crippen LogP contribution in [0.25, 0.3) is 11.0 Å². The zero-order valence-electron chi connectivity index (χ0n) is 22.6. The van der Waals surface area contributed by atoms with E-state index >= 15 is 0 Å². The summed E-state index contributed by atoms with van der Waals surface area (Å²) in [5.74, 6) is 1.54. The Morgan fingerprint density at radius 1 is 1.05 bits per heavy atom. The van der Waals surface area contributed by atoms with Crippen molar-refractivity contribution in [2.24, 2.45) is 5.92 Å². The maximum Gasteiger partial charge on any atom is 0.339 e. The summed E-state index contributed by atoms with van der Waals surface area (Å²) < 4.78 is 20.4. The molecule has 0 unspecified atom stereocenters. The molecule has 2 atom stereocenters. The molecule has 4 aliphatic rings. The van der Waals surface area contributed by atoms with Gasteiger partial charge in [0.15, 0.2) is 6.61 Å². The summed E-state index contributed by atoms with van der Waals surface area (Å²) in [5, 5.41) is 0.822. The first-order valence-corrected chi connectivity index (χ1v) is 14.2. The SMILES string of the molecule is CC1(C)CCc2c(cc(OCC(=O)N3C[C@@H]4C[C@H](C3)c3cccc(=O)n3C4)c3c4c(c(=O)oc23)CCCC4)O1. The van der Waals surface area contributed by atoms with Crippen molar-refractivity contribution in [1.29, 1.82) is 0 Å². The Kier molecular flexibility index (Phi) is 5.65. The van der Waals surface area contributed by atoms with E-state index in [9.17, 15) is 14.4 Å². The van der Waals surface area contributed by atoms with Gasteiger partial charge in [0.25, 0.3) is 11.5 Å². The second-order valence-electron chi connectivity index (χ2n) is 12.3. The second kappa shape index (κ2) is 9.00. The highest BCUT2D eigenvalue weighted by molar-refractivity contribution is 5.93. The lowest BCUT2D eigenvalue weighted by Gasteiger charge is -2.42. The molecule has 1 aromatic carbocycles. The first kappa shape index (κ1) is 24.5. The van der Waals surface area contributed by atoms with Crippen molar-refractivity contribution in [3.05, 3.63) is 67.4 Å². The van der Waals surface area contributed by atoms with Crippen LogP contribution in [0.4, 0.5) is 0 Å². The van der Waals surface area contributed by atoms with E-state index in [2.05, 4.69) is 0 Å². The number of fused-ring (bicyclic) bond motifs is 9. The predicted octanol–water partition coefficient (Wildman–Crippen LogP) is 3.96. The summed E-state index contributed by atoms with van der Waals surface area (Å²) in [4.78, 5) is 40.7. The summed E-state index contributed by atoms with van der Waals surface area (Å²) in [6, 6.07) is 7.32. The molecule has 0 N–H and O–H groups in total. The lowest BCUT2D eigenvalue weighted by atomic mass is 9.83. The zero-order chi connectivity index (χ0) is 26.9. The van der Waals surface area contributed by atoms with Crippen LogP contribution >= 0.6 is 0 Å². The third-order valence-electron chi connectivity index (χ3n) is 9.06. The van der Waals surface area contributed by atoms with Gasteiger partial charge in [0, 0.05) is 54.5 Å². The van der Waals surface area contributed by atoms with E-state index in [1.807, 2.05) is 41.5 Å². The van der Waals surface area contributed by atoms with E-state index < -0.39 is 0 Å².